The maximum Gasteiger partial charge on any atom is 0.0841 e. The average Bonchev–Trinajstić information content (AvgIpc) is 2.23. The van der Waals surface area contributed by atoms with Crippen LogP contribution in [0.2, 0.25) is 22.2 Å². The Morgan fingerprint density at radius 3 is 1.78 bits per heavy atom. The minimum atomic E-state index is -1.73. The number of aliphatic hydroxyl groups is 2. The first-order valence-electron chi connectivity index (χ1n) is 7.29. The van der Waals surface area contributed by atoms with E-state index in [9.17, 15) is 10.2 Å². The lowest BCUT2D eigenvalue weighted by Crippen LogP contribution is -2.54. The molecule has 0 aromatic heterocycles. The van der Waals surface area contributed by atoms with Crippen molar-refractivity contribution in [3.63, 3.8) is 0 Å². The minimum Gasteiger partial charge on any atom is -0.390 e. The molecule has 3 heteroatoms. The van der Waals surface area contributed by atoms with Gasteiger partial charge in [-0.2, -0.15) is 0 Å². The molecule has 0 spiro atoms. The van der Waals surface area contributed by atoms with Crippen LogP contribution in [0.15, 0.2) is 12.2 Å². The molecule has 0 aromatic carbocycles. The zero-order chi connectivity index (χ0) is 14.1. The lowest BCUT2D eigenvalue weighted by Gasteiger charge is -2.51. The fraction of sp³-hybridized carbons (Fsp3) is 0.867. The van der Waals surface area contributed by atoms with Gasteiger partial charge < -0.3 is 10.2 Å². The molecule has 0 aliphatic heterocycles. The van der Waals surface area contributed by atoms with Crippen LogP contribution in [0.4, 0.5) is 0 Å². The average molecular weight is 270 g/mol. The van der Waals surface area contributed by atoms with Crippen molar-refractivity contribution in [2.75, 3.05) is 0 Å². The Morgan fingerprint density at radius 1 is 0.944 bits per heavy atom. The topological polar surface area (TPSA) is 40.5 Å². The van der Waals surface area contributed by atoms with Gasteiger partial charge in [0.15, 0.2) is 0 Å². The fourth-order valence-corrected chi connectivity index (χ4v) is 12.1. The summed E-state index contributed by atoms with van der Waals surface area (Å²) < 4.78 is 0. The second-order valence-electron chi connectivity index (χ2n) is 6.71. The maximum absolute atomic E-state index is 10.5. The molecule has 2 nitrogen and oxygen atoms in total. The number of aliphatic hydroxyl groups excluding tert-OH is 2. The molecule has 3 atom stereocenters. The van der Waals surface area contributed by atoms with Gasteiger partial charge in [0, 0.05) is 5.54 Å². The fourth-order valence-electron chi connectivity index (χ4n) is 4.47. The van der Waals surface area contributed by atoms with Crippen LogP contribution in [-0.2, 0) is 0 Å². The van der Waals surface area contributed by atoms with E-state index in [4.69, 9.17) is 0 Å². The Morgan fingerprint density at radius 2 is 1.39 bits per heavy atom. The molecule has 106 valence electrons. The highest BCUT2D eigenvalue weighted by molar-refractivity contribution is 6.85. The summed E-state index contributed by atoms with van der Waals surface area (Å²) in [5.41, 5.74) is 1.99. The molecule has 0 unspecified atom stereocenters. The third kappa shape index (κ3) is 2.45. The molecule has 0 fully saturated rings. The lowest BCUT2D eigenvalue weighted by molar-refractivity contribution is 0.0172. The molecule has 1 rings (SSSR count). The van der Waals surface area contributed by atoms with Crippen molar-refractivity contribution in [1.29, 1.82) is 0 Å². The van der Waals surface area contributed by atoms with Crippen LogP contribution in [0, 0.1) is 0 Å². The van der Waals surface area contributed by atoms with Crippen LogP contribution in [0.5, 0.6) is 0 Å². The largest absolute Gasteiger partial charge is 0.390 e. The zero-order valence-electron chi connectivity index (χ0n) is 12.7. The Kier molecular flexibility index (Phi) is 5.21. The zero-order valence-corrected chi connectivity index (χ0v) is 13.7. The summed E-state index contributed by atoms with van der Waals surface area (Å²) >= 11 is 0. The van der Waals surface area contributed by atoms with Crippen LogP contribution < -0.4 is 0 Å². The summed E-state index contributed by atoms with van der Waals surface area (Å²) in [4.78, 5) is 0. The molecule has 1 aliphatic carbocycles. The number of hydrogen-bond acceptors (Lipinski definition) is 2. The Balaban J connectivity index is 3.25. The van der Waals surface area contributed by atoms with E-state index < -0.39 is 20.3 Å². The molecule has 0 amide bonds. The Hall–Kier alpha value is -0.123. The van der Waals surface area contributed by atoms with Gasteiger partial charge in [-0.25, -0.2) is 0 Å². The normalized spacial score (nSPS) is 29.6. The van der Waals surface area contributed by atoms with Crippen molar-refractivity contribution in [1.82, 2.24) is 0 Å². The van der Waals surface area contributed by atoms with E-state index in [2.05, 4.69) is 53.7 Å². The van der Waals surface area contributed by atoms with E-state index in [1.165, 1.54) is 0 Å². The van der Waals surface area contributed by atoms with Gasteiger partial charge in [0.1, 0.15) is 0 Å². The van der Waals surface area contributed by atoms with E-state index >= 15 is 0 Å². The lowest BCUT2D eigenvalue weighted by atomic mass is 10.0. The van der Waals surface area contributed by atoms with E-state index in [1.807, 2.05) is 0 Å². The summed E-state index contributed by atoms with van der Waals surface area (Å²) in [5, 5.41) is 20.4. The second-order valence-corrected chi connectivity index (χ2v) is 12.8. The predicted molar refractivity (Wildman–Crippen MR) is 80.6 cm³/mol. The van der Waals surface area contributed by atoms with Gasteiger partial charge in [-0.15, -0.1) is 0 Å². The molecule has 0 saturated carbocycles. The van der Waals surface area contributed by atoms with Gasteiger partial charge in [0.05, 0.1) is 20.3 Å². The minimum absolute atomic E-state index is 0.182. The van der Waals surface area contributed by atoms with Crippen LogP contribution in [0.3, 0.4) is 0 Å². The SMILES string of the molecule is CC(C)[Si](C(C)C)(C(C)C)[C@H]1C=CC[C@H](O)[C@@H]1O. The standard InChI is InChI=1S/C15H30O2Si/c1-10(2)18(11(3)4,12(5)6)14-9-7-8-13(16)15(14)17/h7,9-17H,8H2,1-6H3/t13-,14-,15-/m0/s1. The Bertz CT molecular complexity index is 275. The smallest absolute Gasteiger partial charge is 0.0841 e. The molecule has 2 N–H and O–H groups in total. The first-order chi connectivity index (χ1) is 8.26. The quantitative estimate of drug-likeness (QED) is 0.604. The maximum atomic E-state index is 10.5. The van der Waals surface area contributed by atoms with Gasteiger partial charge in [0.2, 0.25) is 0 Å². The molecule has 0 bridgehead atoms. The van der Waals surface area contributed by atoms with Crippen molar-refractivity contribution in [3.05, 3.63) is 12.2 Å². The van der Waals surface area contributed by atoms with Crippen LogP contribution in [0.1, 0.15) is 48.0 Å². The highest BCUT2D eigenvalue weighted by atomic mass is 28.3. The predicted octanol–water partition coefficient (Wildman–Crippen LogP) is 3.72. The van der Waals surface area contributed by atoms with Crippen LogP contribution in [-0.4, -0.2) is 30.5 Å². The summed E-state index contributed by atoms with van der Waals surface area (Å²) in [6.45, 7) is 13.8. The second kappa shape index (κ2) is 5.89. The van der Waals surface area contributed by atoms with Crippen LogP contribution >= 0.6 is 0 Å². The molecule has 0 aromatic rings. The van der Waals surface area contributed by atoms with Gasteiger partial charge >= 0.3 is 0 Å². The highest BCUT2D eigenvalue weighted by Crippen LogP contribution is 2.52. The van der Waals surface area contributed by atoms with E-state index in [-0.39, 0.29) is 5.54 Å². The third-order valence-electron chi connectivity index (χ3n) is 5.06. The van der Waals surface area contributed by atoms with Crippen molar-refractivity contribution in [2.45, 2.75) is 82.3 Å². The molecule has 18 heavy (non-hydrogen) atoms. The molecule has 0 saturated heterocycles. The van der Waals surface area contributed by atoms with Crippen molar-refractivity contribution < 1.29 is 10.2 Å². The first-order valence-corrected chi connectivity index (χ1v) is 9.59. The molecule has 1 aliphatic rings. The van der Waals surface area contributed by atoms with Crippen LogP contribution in [0.25, 0.3) is 0 Å². The van der Waals surface area contributed by atoms with E-state index in [0.29, 0.717) is 23.0 Å². The van der Waals surface area contributed by atoms with Gasteiger partial charge in [0.25, 0.3) is 0 Å². The van der Waals surface area contributed by atoms with Crippen molar-refractivity contribution in [2.24, 2.45) is 0 Å². The van der Waals surface area contributed by atoms with Gasteiger partial charge in [-0.1, -0.05) is 70.3 Å². The molecular weight excluding hydrogens is 240 g/mol. The molecule has 0 radical (unpaired) electrons. The van der Waals surface area contributed by atoms with Crippen molar-refractivity contribution in [3.8, 4) is 0 Å². The summed E-state index contributed by atoms with van der Waals surface area (Å²) in [5.74, 6) is 0. The first kappa shape index (κ1) is 15.9. The van der Waals surface area contributed by atoms with Gasteiger partial charge in [-0.3, -0.25) is 0 Å². The van der Waals surface area contributed by atoms with E-state index in [0.717, 1.165) is 0 Å². The summed E-state index contributed by atoms with van der Waals surface area (Å²) in [6, 6.07) is 0. The van der Waals surface area contributed by atoms with E-state index in [1.54, 1.807) is 0 Å². The summed E-state index contributed by atoms with van der Waals surface area (Å²) in [6.07, 6.45) is 3.70. The van der Waals surface area contributed by atoms with Gasteiger partial charge in [-0.05, 0) is 6.42 Å². The number of hydrogen-bond donors (Lipinski definition) is 2. The highest BCUT2D eigenvalue weighted by Gasteiger charge is 2.51. The molecular formula is C15H30O2Si. The molecule has 0 heterocycles. The Labute approximate surface area is 113 Å². The number of rotatable bonds is 4. The monoisotopic (exact) mass is 270 g/mol. The van der Waals surface area contributed by atoms with Crippen molar-refractivity contribution >= 4 is 8.07 Å². The summed E-state index contributed by atoms with van der Waals surface area (Å²) in [7, 11) is -1.73. The third-order valence-corrected chi connectivity index (χ3v) is 12.7.